The lowest BCUT2D eigenvalue weighted by atomic mass is 10.2. The minimum absolute atomic E-state index is 0.149. The number of alkyl halides is 3. The largest absolute Gasteiger partial charge is 0.411 e. The predicted molar refractivity (Wildman–Crippen MR) is 60.0 cm³/mol. The van der Waals surface area contributed by atoms with Crippen molar-refractivity contribution in [3.63, 3.8) is 0 Å². The first-order valence-electron chi connectivity index (χ1n) is 6.12. The van der Waals surface area contributed by atoms with Crippen molar-refractivity contribution in [1.82, 2.24) is 10.2 Å². The molecule has 1 atom stereocenters. The van der Waals surface area contributed by atoms with Crippen molar-refractivity contribution in [2.24, 2.45) is 0 Å². The Morgan fingerprint density at radius 2 is 2.12 bits per heavy atom. The van der Waals surface area contributed by atoms with E-state index in [9.17, 15) is 13.2 Å². The second-order valence-electron chi connectivity index (χ2n) is 4.35. The summed E-state index contributed by atoms with van der Waals surface area (Å²) in [5, 5.41) is 3.26. The van der Waals surface area contributed by atoms with E-state index in [1.165, 1.54) is 0 Å². The summed E-state index contributed by atoms with van der Waals surface area (Å²) in [6.07, 6.45) is -2.14. The molecule has 3 nitrogen and oxygen atoms in total. The lowest BCUT2D eigenvalue weighted by Gasteiger charge is -2.27. The van der Waals surface area contributed by atoms with Crippen molar-refractivity contribution in [2.75, 3.05) is 39.4 Å². The number of hydrogen-bond acceptors (Lipinski definition) is 3. The van der Waals surface area contributed by atoms with Crippen LogP contribution >= 0.6 is 0 Å². The zero-order chi connectivity index (χ0) is 12.7. The Labute approximate surface area is 100 Å². The standard InChI is InChI=1S/C11H21F3N2O/c1-2-5-16(10-3-4-15-8-10)6-7-17-9-11(12,13)14/h10,15H,2-9H2,1H3. The maximum atomic E-state index is 11.9. The number of halogens is 3. The molecule has 1 unspecified atom stereocenters. The van der Waals surface area contributed by atoms with Crippen LogP contribution in [-0.4, -0.2) is 56.5 Å². The molecule has 1 N–H and O–H groups in total. The minimum atomic E-state index is -4.22. The van der Waals surface area contributed by atoms with Crippen LogP contribution in [0.4, 0.5) is 13.2 Å². The molecule has 6 heteroatoms. The lowest BCUT2D eigenvalue weighted by molar-refractivity contribution is -0.174. The van der Waals surface area contributed by atoms with Gasteiger partial charge < -0.3 is 10.1 Å². The van der Waals surface area contributed by atoms with Crippen LogP contribution in [0.3, 0.4) is 0 Å². The average molecular weight is 254 g/mol. The van der Waals surface area contributed by atoms with Gasteiger partial charge in [0.2, 0.25) is 0 Å². The summed E-state index contributed by atoms with van der Waals surface area (Å²) in [4.78, 5) is 2.22. The van der Waals surface area contributed by atoms with Crippen molar-refractivity contribution >= 4 is 0 Å². The summed E-state index contributed by atoms with van der Waals surface area (Å²) in [5.41, 5.74) is 0. The lowest BCUT2D eigenvalue weighted by Crippen LogP contribution is -2.40. The van der Waals surface area contributed by atoms with Gasteiger partial charge in [-0.05, 0) is 25.9 Å². The van der Waals surface area contributed by atoms with E-state index in [0.717, 1.165) is 32.5 Å². The molecule has 1 aliphatic rings. The van der Waals surface area contributed by atoms with Gasteiger partial charge in [0, 0.05) is 19.1 Å². The Kier molecular flexibility index (Phi) is 6.22. The molecule has 0 amide bonds. The molecule has 1 fully saturated rings. The quantitative estimate of drug-likeness (QED) is 0.699. The Hall–Kier alpha value is -0.330. The smallest absolute Gasteiger partial charge is 0.371 e. The van der Waals surface area contributed by atoms with Crippen LogP contribution in [-0.2, 0) is 4.74 Å². The molecule has 17 heavy (non-hydrogen) atoms. The predicted octanol–water partition coefficient (Wildman–Crippen LogP) is 1.64. The van der Waals surface area contributed by atoms with Crippen LogP contribution in [0, 0.1) is 0 Å². The van der Waals surface area contributed by atoms with Gasteiger partial charge in [0.25, 0.3) is 0 Å². The number of rotatable bonds is 7. The zero-order valence-corrected chi connectivity index (χ0v) is 10.2. The Bertz CT molecular complexity index is 205. The van der Waals surface area contributed by atoms with E-state index >= 15 is 0 Å². The van der Waals surface area contributed by atoms with Crippen molar-refractivity contribution in [3.8, 4) is 0 Å². The van der Waals surface area contributed by atoms with Crippen LogP contribution < -0.4 is 5.32 Å². The first-order chi connectivity index (χ1) is 8.03. The molecule has 0 aromatic carbocycles. The van der Waals surface area contributed by atoms with Gasteiger partial charge in [0.1, 0.15) is 6.61 Å². The number of hydrogen-bond donors (Lipinski definition) is 1. The Morgan fingerprint density at radius 1 is 1.35 bits per heavy atom. The van der Waals surface area contributed by atoms with E-state index in [1.54, 1.807) is 0 Å². The third kappa shape index (κ3) is 6.24. The first kappa shape index (κ1) is 14.7. The van der Waals surface area contributed by atoms with Gasteiger partial charge >= 0.3 is 6.18 Å². The summed E-state index contributed by atoms with van der Waals surface area (Å²) in [7, 11) is 0. The summed E-state index contributed by atoms with van der Waals surface area (Å²) in [6.45, 7) is 4.50. The molecule has 0 aliphatic carbocycles. The van der Waals surface area contributed by atoms with Crippen LogP contribution in [0.15, 0.2) is 0 Å². The van der Waals surface area contributed by atoms with E-state index in [1.807, 2.05) is 0 Å². The highest BCUT2D eigenvalue weighted by Gasteiger charge is 2.27. The van der Waals surface area contributed by atoms with Crippen LogP contribution in [0.5, 0.6) is 0 Å². The fourth-order valence-corrected chi connectivity index (χ4v) is 2.08. The van der Waals surface area contributed by atoms with Crippen LogP contribution in [0.2, 0.25) is 0 Å². The van der Waals surface area contributed by atoms with Crippen molar-refractivity contribution in [3.05, 3.63) is 0 Å². The Morgan fingerprint density at radius 3 is 2.65 bits per heavy atom. The normalized spacial score (nSPS) is 21.4. The van der Waals surface area contributed by atoms with Gasteiger partial charge in [-0.1, -0.05) is 6.92 Å². The molecule has 0 bridgehead atoms. The maximum absolute atomic E-state index is 11.9. The molecular formula is C11H21F3N2O. The molecule has 1 rings (SSSR count). The summed E-state index contributed by atoms with van der Waals surface area (Å²) in [6, 6.07) is 0.449. The molecule has 0 saturated carbocycles. The second kappa shape index (κ2) is 7.18. The van der Waals surface area contributed by atoms with E-state index in [4.69, 9.17) is 0 Å². The van der Waals surface area contributed by atoms with Gasteiger partial charge in [-0.15, -0.1) is 0 Å². The molecule has 1 saturated heterocycles. The maximum Gasteiger partial charge on any atom is 0.411 e. The van der Waals surface area contributed by atoms with Crippen molar-refractivity contribution < 1.29 is 17.9 Å². The number of nitrogens with one attached hydrogen (secondary N) is 1. The number of nitrogens with zero attached hydrogens (tertiary/aromatic N) is 1. The van der Waals surface area contributed by atoms with Gasteiger partial charge in [-0.2, -0.15) is 13.2 Å². The molecule has 0 spiro atoms. The topological polar surface area (TPSA) is 24.5 Å². The Balaban J connectivity index is 2.20. The van der Waals surface area contributed by atoms with Crippen molar-refractivity contribution in [2.45, 2.75) is 32.0 Å². The van der Waals surface area contributed by atoms with Crippen LogP contribution in [0.1, 0.15) is 19.8 Å². The SMILES string of the molecule is CCCN(CCOCC(F)(F)F)C1CCNC1. The van der Waals surface area contributed by atoms with Gasteiger partial charge in [0.15, 0.2) is 0 Å². The highest BCUT2D eigenvalue weighted by Crippen LogP contribution is 2.14. The average Bonchev–Trinajstić information content (AvgIpc) is 2.74. The minimum Gasteiger partial charge on any atom is -0.371 e. The molecule has 0 radical (unpaired) electrons. The van der Waals surface area contributed by atoms with E-state index in [-0.39, 0.29) is 6.61 Å². The van der Waals surface area contributed by atoms with E-state index in [0.29, 0.717) is 12.6 Å². The highest BCUT2D eigenvalue weighted by molar-refractivity contribution is 4.80. The summed E-state index contributed by atoms with van der Waals surface area (Å²) < 4.78 is 40.3. The fraction of sp³-hybridized carbons (Fsp3) is 1.00. The summed E-state index contributed by atoms with van der Waals surface area (Å²) in [5.74, 6) is 0. The fourth-order valence-electron chi connectivity index (χ4n) is 2.08. The van der Waals surface area contributed by atoms with Gasteiger partial charge in [0.05, 0.1) is 6.61 Å². The third-order valence-corrected chi connectivity index (χ3v) is 2.85. The van der Waals surface area contributed by atoms with E-state index in [2.05, 4.69) is 21.9 Å². The molecular weight excluding hydrogens is 233 g/mol. The van der Waals surface area contributed by atoms with Gasteiger partial charge in [-0.25, -0.2) is 0 Å². The van der Waals surface area contributed by atoms with E-state index < -0.39 is 12.8 Å². The molecule has 0 aromatic heterocycles. The molecule has 1 aliphatic heterocycles. The monoisotopic (exact) mass is 254 g/mol. The second-order valence-corrected chi connectivity index (χ2v) is 4.35. The van der Waals surface area contributed by atoms with Crippen molar-refractivity contribution in [1.29, 1.82) is 0 Å². The molecule has 1 heterocycles. The third-order valence-electron chi connectivity index (χ3n) is 2.85. The van der Waals surface area contributed by atoms with Gasteiger partial charge in [-0.3, -0.25) is 4.90 Å². The molecule has 0 aromatic rings. The van der Waals surface area contributed by atoms with Crippen LogP contribution in [0.25, 0.3) is 0 Å². The first-order valence-corrected chi connectivity index (χ1v) is 6.12. The summed E-state index contributed by atoms with van der Waals surface area (Å²) >= 11 is 0. The number of ether oxygens (including phenoxy) is 1. The zero-order valence-electron chi connectivity index (χ0n) is 10.2. The highest BCUT2D eigenvalue weighted by atomic mass is 19.4. The molecule has 102 valence electrons.